The van der Waals surface area contributed by atoms with Crippen molar-refractivity contribution in [2.75, 3.05) is 0 Å². The summed E-state index contributed by atoms with van der Waals surface area (Å²) in [5.41, 5.74) is 0.691. The Morgan fingerprint density at radius 2 is 2.04 bits per heavy atom. The number of hydrogen-bond donors (Lipinski definition) is 0. The molecule has 0 saturated carbocycles. The second-order valence-corrected chi connectivity index (χ2v) is 7.97. The molecule has 2 heterocycles. The molecule has 0 atom stereocenters. The van der Waals surface area contributed by atoms with Crippen molar-refractivity contribution in [3.05, 3.63) is 57.6 Å². The molecule has 142 valence electrons. The Labute approximate surface area is 168 Å². The van der Waals surface area contributed by atoms with Gasteiger partial charge in [-0.1, -0.05) is 29.8 Å². The summed E-state index contributed by atoms with van der Waals surface area (Å²) in [4.78, 5) is 15.7. The first-order valence-electron chi connectivity index (χ1n) is 8.93. The minimum absolute atomic E-state index is 0.0508. The maximum Gasteiger partial charge on any atom is 0.249 e. The van der Waals surface area contributed by atoms with Crippen LogP contribution in [0.5, 0.6) is 0 Å². The molecule has 0 aliphatic heterocycles. The number of hydrogen-bond acceptors (Lipinski definition) is 5. The Hall–Kier alpha value is -2.18. The number of amides is 1. The van der Waals surface area contributed by atoms with E-state index in [4.69, 9.17) is 16.0 Å². The van der Waals surface area contributed by atoms with Gasteiger partial charge in [0.15, 0.2) is 0 Å². The molecule has 0 fully saturated rings. The lowest BCUT2D eigenvalue weighted by Gasteiger charge is -2.25. The summed E-state index contributed by atoms with van der Waals surface area (Å²) in [5.74, 6) is 0.869. The van der Waals surface area contributed by atoms with E-state index in [0.29, 0.717) is 35.3 Å². The van der Waals surface area contributed by atoms with Gasteiger partial charge in [0.05, 0.1) is 17.1 Å². The predicted octanol–water partition coefficient (Wildman–Crippen LogP) is 5.21. The maximum absolute atomic E-state index is 12.7. The van der Waals surface area contributed by atoms with Crippen LogP contribution >= 0.6 is 22.9 Å². The van der Waals surface area contributed by atoms with E-state index < -0.39 is 0 Å². The number of nitrogens with zero attached hydrogens (tertiary/aromatic N) is 3. The van der Waals surface area contributed by atoms with Crippen LogP contribution in [0.15, 0.2) is 46.2 Å². The highest BCUT2D eigenvalue weighted by Crippen LogP contribution is 2.26. The lowest BCUT2D eigenvalue weighted by atomic mass is 10.2. The van der Waals surface area contributed by atoms with Crippen molar-refractivity contribution >= 4 is 28.8 Å². The van der Waals surface area contributed by atoms with Crippen molar-refractivity contribution in [1.82, 2.24) is 15.1 Å². The smallest absolute Gasteiger partial charge is 0.249 e. The summed E-state index contributed by atoms with van der Waals surface area (Å²) < 4.78 is 5.75. The molecule has 3 rings (SSSR count). The van der Waals surface area contributed by atoms with Gasteiger partial charge in [0.1, 0.15) is 0 Å². The molecule has 0 N–H and O–H groups in total. The molecule has 3 aromatic rings. The highest BCUT2D eigenvalue weighted by molar-refractivity contribution is 7.09. The fourth-order valence-electron chi connectivity index (χ4n) is 2.78. The zero-order valence-corrected chi connectivity index (χ0v) is 17.0. The number of benzene rings is 1. The number of thiophene rings is 1. The van der Waals surface area contributed by atoms with Crippen LogP contribution in [0.1, 0.15) is 37.5 Å². The Bertz CT molecular complexity index is 877. The Kier molecular flexibility index (Phi) is 6.63. The van der Waals surface area contributed by atoms with E-state index in [1.807, 2.05) is 38.1 Å². The van der Waals surface area contributed by atoms with Crippen molar-refractivity contribution in [3.63, 3.8) is 0 Å². The Morgan fingerprint density at radius 3 is 2.74 bits per heavy atom. The number of halogens is 1. The van der Waals surface area contributed by atoms with Gasteiger partial charge in [0.25, 0.3) is 0 Å². The van der Waals surface area contributed by atoms with Gasteiger partial charge in [0, 0.05) is 17.3 Å². The van der Waals surface area contributed by atoms with E-state index in [1.54, 1.807) is 22.3 Å². The Morgan fingerprint density at radius 1 is 1.22 bits per heavy atom. The van der Waals surface area contributed by atoms with Crippen LogP contribution in [0.25, 0.3) is 11.5 Å². The topological polar surface area (TPSA) is 59.2 Å². The van der Waals surface area contributed by atoms with Crippen LogP contribution < -0.4 is 0 Å². The van der Waals surface area contributed by atoms with Crippen LogP contribution in [-0.2, 0) is 17.8 Å². The number of aryl methyl sites for hydroxylation is 1. The maximum atomic E-state index is 12.7. The molecule has 0 radical (unpaired) electrons. The molecule has 27 heavy (non-hydrogen) atoms. The largest absolute Gasteiger partial charge is 0.419 e. The summed E-state index contributed by atoms with van der Waals surface area (Å²) >= 11 is 7.91. The molecule has 0 spiro atoms. The second kappa shape index (κ2) is 9.15. The number of carbonyl (C=O) groups excluding carboxylic acids is 1. The van der Waals surface area contributed by atoms with Crippen molar-refractivity contribution in [1.29, 1.82) is 0 Å². The fraction of sp³-hybridized carbons (Fsp3) is 0.350. The minimum atomic E-state index is 0.0508. The van der Waals surface area contributed by atoms with E-state index in [-0.39, 0.29) is 11.9 Å². The second-order valence-electron chi connectivity index (χ2n) is 6.53. The molecule has 2 aromatic heterocycles. The van der Waals surface area contributed by atoms with E-state index in [1.165, 1.54) is 4.88 Å². The first-order chi connectivity index (χ1) is 13.0. The molecule has 0 aliphatic rings. The fourth-order valence-corrected chi connectivity index (χ4v) is 3.75. The monoisotopic (exact) mass is 403 g/mol. The molecule has 0 unspecified atom stereocenters. The average Bonchev–Trinajstić information content (AvgIpc) is 3.31. The highest BCUT2D eigenvalue weighted by Gasteiger charge is 2.20. The molecule has 0 bridgehead atoms. The van der Waals surface area contributed by atoms with Gasteiger partial charge in [0.2, 0.25) is 17.7 Å². The molecule has 1 aromatic carbocycles. The van der Waals surface area contributed by atoms with Crippen LogP contribution in [0.3, 0.4) is 0 Å². The van der Waals surface area contributed by atoms with Crippen LogP contribution in [-0.4, -0.2) is 27.0 Å². The zero-order chi connectivity index (χ0) is 19.2. The van der Waals surface area contributed by atoms with Crippen molar-refractivity contribution in [3.8, 4) is 11.5 Å². The third-order valence-corrected chi connectivity index (χ3v) is 5.48. The van der Waals surface area contributed by atoms with Crippen LogP contribution in [0.2, 0.25) is 5.02 Å². The highest BCUT2D eigenvalue weighted by atomic mass is 35.5. The van der Waals surface area contributed by atoms with Crippen LogP contribution in [0, 0.1) is 0 Å². The third-order valence-electron chi connectivity index (χ3n) is 4.21. The van der Waals surface area contributed by atoms with Gasteiger partial charge >= 0.3 is 0 Å². The number of carbonyl (C=O) groups is 1. The van der Waals surface area contributed by atoms with Gasteiger partial charge in [-0.15, -0.1) is 21.5 Å². The van der Waals surface area contributed by atoms with Crippen molar-refractivity contribution < 1.29 is 9.21 Å². The summed E-state index contributed by atoms with van der Waals surface area (Å²) in [7, 11) is 0. The Balaban J connectivity index is 1.62. The SMILES string of the molecule is CC(C)N(Cc1nnc(-c2ccccc2Cl)o1)C(=O)CCCc1cccs1. The molecule has 0 aliphatic carbocycles. The third kappa shape index (κ3) is 5.17. The predicted molar refractivity (Wildman–Crippen MR) is 108 cm³/mol. The van der Waals surface area contributed by atoms with Gasteiger partial charge in [-0.3, -0.25) is 4.79 Å². The van der Waals surface area contributed by atoms with Gasteiger partial charge < -0.3 is 9.32 Å². The summed E-state index contributed by atoms with van der Waals surface area (Å²) in [6.45, 7) is 4.28. The van der Waals surface area contributed by atoms with E-state index in [9.17, 15) is 4.79 Å². The first kappa shape index (κ1) is 19.6. The first-order valence-corrected chi connectivity index (χ1v) is 10.2. The van der Waals surface area contributed by atoms with Crippen molar-refractivity contribution in [2.45, 2.75) is 45.7 Å². The van der Waals surface area contributed by atoms with E-state index in [2.05, 4.69) is 21.6 Å². The average molecular weight is 404 g/mol. The standard InChI is InChI=1S/C20H22ClN3O2S/c1-14(2)24(19(25)11-5-7-15-8-6-12-27-15)13-18-22-23-20(26-18)16-9-3-4-10-17(16)21/h3-4,6,8-10,12,14H,5,7,11,13H2,1-2H3. The quantitative estimate of drug-likeness (QED) is 0.517. The number of aromatic nitrogens is 2. The molecule has 1 amide bonds. The molecule has 0 saturated heterocycles. The number of rotatable bonds is 8. The normalized spacial score (nSPS) is 11.1. The lowest BCUT2D eigenvalue weighted by Crippen LogP contribution is -2.36. The summed E-state index contributed by atoms with van der Waals surface area (Å²) in [6.07, 6.45) is 2.26. The zero-order valence-electron chi connectivity index (χ0n) is 15.4. The summed E-state index contributed by atoms with van der Waals surface area (Å²) in [5, 5.41) is 10.8. The lowest BCUT2D eigenvalue weighted by molar-refractivity contribution is -0.134. The van der Waals surface area contributed by atoms with Gasteiger partial charge in [-0.25, -0.2) is 0 Å². The molecule has 7 heteroatoms. The molecular weight excluding hydrogens is 382 g/mol. The van der Waals surface area contributed by atoms with Gasteiger partial charge in [-0.2, -0.15) is 0 Å². The van der Waals surface area contributed by atoms with Crippen molar-refractivity contribution in [2.24, 2.45) is 0 Å². The molecular formula is C20H22ClN3O2S. The summed E-state index contributed by atoms with van der Waals surface area (Å²) in [6, 6.07) is 11.5. The van der Waals surface area contributed by atoms with E-state index >= 15 is 0 Å². The minimum Gasteiger partial charge on any atom is -0.419 e. The van der Waals surface area contributed by atoms with Crippen LogP contribution in [0.4, 0.5) is 0 Å². The van der Waals surface area contributed by atoms with E-state index in [0.717, 1.165) is 12.8 Å². The van der Waals surface area contributed by atoms with Gasteiger partial charge in [-0.05, 0) is 50.3 Å². The molecule has 5 nitrogen and oxygen atoms in total.